The summed E-state index contributed by atoms with van der Waals surface area (Å²) in [5.41, 5.74) is 0.574. The van der Waals surface area contributed by atoms with Gasteiger partial charge in [0, 0.05) is 6.54 Å². The predicted octanol–water partition coefficient (Wildman–Crippen LogP) is 2.00. The van der Waals surface area contributed by atoms with E-state index in [1.807, 2.05) is 17.5 Å². The molecule has 0 atom stereocenters. The minimum atomic E-state index is -0.560. The SMILES string of the molecule is CCNC(=O)CNC(=O)c1nc(-c2cccs2)n(-c2ccc(F)cc2)n1. The fourth-order valence-corrected chi connectivity index (χ4v) is 2.93. The summed E-state index contributed by atoms with van der Waals surface area (Å²) < 4.78 is 14.7. The normalized spacial score (nSPS) is 10.5. The lowest BCUT2D eigenvalue weighted by Gasteiger charge is -2.04. The molecule has 134 valence electrons. The van der Waals surface area contributed by atoms with Crippen LogP contribution in [0.5, 0.6) is 0 Å². The van der Waals surface area contributed by atoms with Crippen LogP contribution in [0, 0.1) is 5.82 Å². The molecule has 2 heterocycles. The van der Waals surface area contributed by atoms with Crippen LogP contribution in [0.25, 0.3) is 16.4 Å². The van der Waals surface area contributed by atoms with E-state index in [-0.39, 0.29) is 24.1 Å². The molecule has 0 aliphatic carbocycles. The van der Waals surface area contributed by atoms with Crippen LogP contribution in [0.4, 0.5) is 4.39 Å². The monoisotopic (exact) mass is 373 g/mol. The van der Waals surface area contributed by atoms with Crippen molar-refractivity contribution in [3.05, 3.63) is 53.4 Å². The number of likely N-dealkylation sites (N-methyl/N-ethyl adjacent to an activating group) is 1. The van der Waals surface area contributed by atoms with Gasteiger partial charge in [0.2, 0.25) is 11.7 Å². The zero-order valence-corrected chi connectivity index (χ0v) is 14.7. The Labute approximate surface area is 152 Å². The maximum absolute atomic E-state index is 13.2. The van der Waals surface area contributed by atoms with Gasteiger partial charge in [0.25, 0.3) is 5.91 Å². The summed E-state index contributed by atoms with van der Waals surface area (Å²) in [5, 5.41) is 11.2. The second-order valence-corrected chi connectivity index (χ2v) is 6.21. The molecule has 7 nitrogen and oxygen atoms in total. The Morgan fingerprint density at radius 1 is 1.19 bits per heavy atom. The summed E-state index contributed by atoms with van der Waals surface area (Å²) in [6.07, 6.45) is 0. The number of nitrogens with one attached hydrogen (secondary N) is 2. The van der Waals surface area contributed by atoms with Crippen LogP contribution in [-0.4, -0.2) is 39.7 Å². The van der Waals surface area contributed by atoms with Crippen LogP contribution >= 0.6 is 11.3 Å². The summed E-state index contributed by atoms with van der Waals surface area (Å²) in [6, 6.07) is 9.44. The minimum absolute atomic E-state index is 0.0676. The first kappa shape index (κ1) is 17.7. The summed E-state index contributed by atoms with van der Waals surface area (Å²) >= 11 is 1.44. The van der Waals surface area contributed by atoms with Crippen molar-refractivity contribution >= 4 is 23.2 Å². The van der Waals surface area contributed by atoms with Gasteiger partial charge in [-0.05, 0) is 42.6 Å². The molecule has 2 aromatic heterocycles. The van der Waals surface area contributed by atoms with Gasteiger partial charge in [0.15, 0.2) is 5.82 Å². The number of benzene rings is 1. The molecule has 0 bridgehead atoms. The maximum Gasteiger partial charge on any atom is 0.291 e. The fourth-order valence-electron chi connectivity index (χ4n) is 2.24. The first-order chi connectivity index (χ1) is 12.6. The van der Waals surface area contributed by atoms with Crippen molar-refractivity contribution < 1.29 is 14.0 Å². The lowest BCUT2D eigenvalue weighted by atomic mass is 10.3. The van der Waals surface area contributed by atoms with Crippen LogP contribution in [-0.2, 0) is 4.79 Å². The second-order valence-electron chi connectivity index (χ2n) is 5.26. The van der Waals surface area contributed by atoms with Gasteiger partial charge in [-0.15, -0.1) is 16.4 Å². The molecule has 0 spiro atoms. The molecule has 2 N–H and O–H groups in total. The average molecular weight is 373 g/mol. The molecule has 1 aromatic carbocycles. The van der Waals surface area contributed by atoms with Crippen molar-refractivity contribution in [1.29, 1.82) is 0 Å². The van der Waals surface area contributed by atoms with Gasteiger partial charge in [-0.25, -0.2) is 14.1 Å². The number of hydrogen-bond donors (Lipinski definition) is 2. The quantitative estimate of drug-likeness (QED) is 0.692. The highest BCUT2D eigenvalue weighted by atomic mass is 32.1. The van der Waals surface area contributed by atoms with Gasteiger partial charge in [-0.3, -0.25) is 9.59 Å². The zero-order valence-electron chi connectivity index (χ0n) is 13.9. The van der Waals surface area contributed by atoms with E-state index >= 15 is 0 Å². The van der Waals surface area contributed by atoms with E-state index in [9.17, 15) is 14.0 Å². The molecule has 3 aromatic rings. The third-order valence-corrected chi connectivity index (χ3v) is 4.27. The van der Waals surface area contributed by atoms with E-state index in [1.54, 1.807) is 19.1 Å². The first-order valence-electron chi connectivity index (χ1n) is 7.90. The van der Waals surface area contributed by atoms with Gasteiger partial charge in [-0.1, -0.05) is 6.07 Å². The Balaban J connectivity index is 1.90. The number of rotatable bonds is 6. The Bertz CT molecular complexity index is 906. The molecule has 0 radical (unpaired) electrons. The summed E-state index contributed by atoms with van der Waals surface area (Å²) in [4.78, 5) is 28.9. The molecule has 2 amide bonds. The fraction of sp³-hybridized carbons (Fsp3) is 0.176. The molecule has 0 aliphatic rings. The molecule has 0 saturated heterocycles. The number of carbonyl (C=O) groups excluding carboxylic acids is 2. The largest absolute Gasteiger partial charge is 0.355 e. The van der Waals surface area contributed by atoms with Gasteiger partial charge in [0.1, 0.15) is 5.82 Å². The molecule has 0 fully saturated rings. The number of nitrogens with zero attached hydrogens (tertiary/aromatic N) is 3. The molecule has 0 saturated carbocycles. The van der Waals surface area contributed by atoms with E-state index in [4.69, 9.17) is 0 Å². The molecular weight excluding hydrogens is 357 g/mol. The van der Waals surface area contributed by atoms with E-state index in [0.717, 1.165) is 4.88 Å². The molecular formula is C17H16FN5O2S. The van der Waals surface area contributed by atoms with Crippen molar-refractivity contribution in [3.63, 3.8) is 0 Å². The lowest BCUT2D eigenvalue weighted by molar-refractivity contribution is -0.120. The van der Waals surface area contributed by atoms with Crippen LogP contribution in [0.3, 0.4) is 0 Å². The van der Waals surface area contributed by atoms with Gasteiger partial charge >= 0.3 is 0 Å². The maximum atomic E-state index is 13.2. The number of carbonyl (C=O) groups is 2. The Hall–Kier alpha value is -3.07. The summed E-state index contributed by atoms with van der Waals surface area (Å²) in [6.45, 7) is 2.11. The van der Waals surface area contributed by atoms with E-state index in [0.29, 0.717) is 18.1 Å². The van der Waals surface area contributed by atoms with Crippen LogP contribution in [0.2, 0.25) is 0 Å². The number of hydrogen-bond acceptors (Lipinski definition) is 5. The van der Waals surface area contributed by atoms with Gasteiger partial charge in [0.05, 0.1) is 17.1 Å². The number of thiophene rings is 1. The van der Waals surface area contributed by atoms with E-state index in [1.165, 1.54) is 28.2 Å². The number of aromatic nitrogens is 3. The number of halogens is 1. The predicted molar refractivity (Wildman–Crippen MR) is 95.6 cm³/mol. The highest BCUT2D eigenvalue weighted by molar-refractivity contribution is 7.13. The highest BCUT2D eigenvalue weighted by Crippen LogP contribution is 2.25. The Kier molecular flexibility index (Phi) is 5.37. The van der Waals surface area contributed by atoms with Crippen molar-refractivity contribution in [2.24, 2.45) is 0 Å². The first-order valence-corrected chi connectivity index (χ1v) is 8.78. The standard InChI is InChI=1S/C17H16FN5O2S/c1-2-19-14(24)10-20-17(25)15-21-16(13-4-3-9-26-13)23(22-15)12-7-5-11(18)6-8-12/h3-9H,2,10H2,1H3,(H,19,24)(H,20,25). The minimum Gasteiger partial charge on any atom is -0.355 e. The van der Waals surface area contributed by atoms with E-state index < -0.39 is 5.91 Å². The van der Waals surface area contributed by atoms with Gasteiger partial charge < -0.3 is 10.6 Å². The van der Waals surface area contributed by atoms with Crippen molar-refractivity contribution in [2.45, 2.75) is 6.92 Å². The second kappa shape index (κ2) is 7.87. The van der Waals surface area contributed by atoms with Crippen molar-refractivity contribution in [1.82, 2.24) is 25.4 Å². The molecule has 0 aliphatic heterocycles. The molecule has 9 heteroatoms. The lowest BCUT2D eigenvalue weighted by Crippen LogP contribution is -2.37. The summed E-state index contributed by atoms with van der Waals surface area (Å²) in [7, 11) is 0. The average Bonchev–Trinajstić information content (AvgIpc) is 3.30. The Morgan fingerprint density at radius 2 is 1.96 bits per heavy atom. The van der Waals surface area contributed by atoms with Crippen molar-refractivity contribution in [2.75, 3.05) is 13.1 Å². The van der Waals surface area contributed by atoms with Gasteiger partial charge in [-0.2, -0.15) is 0 Å². The van der Waals surface area contributed by atoms with Crippen LogP contribution < -0.4 is 10.6 Å². The molecule has 3 rings (SSSR count). The van der Waals surface area contributed by atoms with Crippen molar-refractivity contribution in [3.8, 4) is 16.4 Å². The van der Waals surface area contributed by atoms with Crippen LogP contribution in [0.1, 0.15) is 17.5 Å². The highest BCUT2D eigenvalue weighted by Gasteiger charge is 2.19. The molecule has 0 unspecified atom stereocenters. The topological polar surface area (TPSA) is 88.9 Å². The Morgan fingerprint density at radius 3 is 2.62 bits per heavy atom. The number of amides is 2. The third kappa shape index (κ3) is 3.94. The van der Waals surface area contributed by atoms with E-state index in [2.05, 4.69) is 20.7 Å². The van der Waals surface area contributed by atoms with Crippen LogP contribution in [0.15, 0.2) is 41.8 Å². The summed E-state index contributed by atoms with van der Waals surface area (Å²) in [5.74, 6) is -0.824. The zero-order chi connectivity index (χ0) is 18.5. The third-order valence-electron chi connectivity index (χ3n) is 3.41. The smallest absolute Gasteiger partial charge is 0.291 e. The molecule has 26 heavy (non-hydrogen) atoms.